The molecule has 2 amide bonds. The van der Waals surface area contributed by atoms with E-state index in [1.807, 2.05) is 48.5 Å². The number of Topliss-reactive ketones (excluding diaryl/α,β-unsaturated/α-hetero) is 1. The second-order valence-corrected chi connectivity index (χ2v) is 12.0. The Labute approximate surface area is 265 Å². The number of phenols is 1. The van der Waals surface area contributed by atoms with Crippen molar-refractivity contribution >= 4 is 40.4 Å². The van der Waals surface area contributed by atoms with Crippen molar-refractivity contribution in [2.45, 2.75) is 25.7 Å². The normalized spacial score (nSPS) is 23.8. The minimum atomic E-state index is -0.851. The van der Waals surface area contributed by atoms with Crippen LogP contribution in [0.1, 0.15) is 31.2 Å². The number of methoxy groups -OCH3 is 2. The Kier molecular flexibility index (Phi) is 7.11. The van der Waals surface area contributed by atoms with Crippen LogP contribution in [0.3, 0.4) is 0 Å². The first kappa shape index (κ1) is 29.3. The Morgan fingerprint density at radius 2 is 1.59 bits per heavy atom. The molecule has 1 fully saturated rings. The number of carbonyl (C=O) groups is 4. The predicted octanol–water partition coefficient (Wildman–Crippen LogP) is 5.79. The highest BCUT2D eigenvalue weighted by molar-refractivity contribution is 6.25. The maximum atomic E-state index is 14.2. The van der Waals surface area contributed by atoms with Crippen LogP contribution in [0, 0.1) is 17.8 Å². The van der Waals surface area contributed by atoms with E-state index in [1.165, 1.54) is 31.3 Å². The maximum absolute atomic E-state index is 14.2. The number of nitrogens with one attached hydrogen (secondary N) is 1. The number of ether oxygens (including phenoxy) is 2. The molecule has 2 N–H and O–H groups in total. The topological polar surface area (TPSA) is 122 Å². The summed E-state index contributed by atoms with van der Waals surface area (Å²) in [6, 6.07) is 19.9. The highest BCUT2D eigenvalue weighted by atomic mass is 16.5. The molecule has 1 aliphatic heterocycles. The number of carbonyl (C=O) groups excluding carboxylic acids is 4. The molecular weight excluding hydrogens is 584 g/mol. The van der Waals surface area contributed by atoms with Crippen LogP contribution in [0.4, 0.5) is 17.1 Å². The van der Waals surface area contributed by atoms with Crippen molar-refractivity contribution in [3.8, 4) is 17.2 Å². The average molecular weight is 617 g/mol. The molecule has 1 saturated heterocycles. The number of phenolic OH excluding ortho intramolecular Hbond substituents is 1. The summed E-state index contributed by atoms with van der Waals surface area (Å²) in [6.45, 7) is 1.60. The van der Waals surface area contributed by atoms with E-state index in [0.29, 0.717) is 28.1 Å². The number of benzene rings is 3. The third-order valence-electron chi connectivity index (χ3n) is 9.59. The number of anilines is 3. The van der Waals surface area contributed by atoms with Gasteiger partial charge in [0.1, 0.15) is 17.2 Å². The quantitative estimate of drug-likeness (QED) is 0.203. The maximum Gasteiger partial charge on any atom is 0.238 e. The van der Waals surface area contributed by atoms with Crippen LogP contribution in [0.5, 0.6) is 17.2 Å². The molecule has 46 heavy (non-hydrogen) atoms. The number of amides is 2. The lowest BCUT2D eigenvalue weighted by molar-refractivity contribution is -0.123. The summed E-state index contributed by atoms with van der Waals surface area (Å²) in [7, 11) is 2.92. The molecule has 3 aromatic carbocycles. The lowest BCUT2D eigenvalue weighted by atomic mass is 9.59. The highest BCUT2D eigenvalue weighted by Gasteiger charge is 2.57. The molecule has 9 nitrogen and oxygen atoms in total. The summed E-state index contributed by atoms with van der Waals surface area (Å²) >= 11 is 0. The zero-order chi connectivity index (χ0) is 32.3. The molecule has 3 aliphatic carbocycles. The van der Waals surface area contributed by atoms with E-state index >= 15 is 0 Å². The number of fused-ring (bicyclic) bond motifs is 3. The number of ketones is 2. The third-order valence-corrected chi connectivity index (χ3v) is 9.59. The van der Waals surface area contributed by atoms with Gasteiger partial charge in [-0.2, -0.15) is 0 Å². The summed E-state index contributed by atoms with van der Waals surface area (Å²) < 4.78 is 11.0. The number of hydrogen-bond donors (Lipinski definition) is 2. The lowest BCUT2D eigenvalue weighted by Gasteiger charge is -2.42. The number of imide groups is 1. The van der Waals surface area contributed by atoms with E-state index < -0.39 is 23.7 Å². The van der Waals surface area contributed by atoms with Gasteiger partial charge in [-0.15, -0.1) is 0 Å². The molecule has 232 valence electrons. The monoisotopic (exact) mass is 616 g/mol. The molecule has 0 radical (unpaired) electrons. The van der Waals surface area contributed by atoms with Gasteiger partial charge < -0.3 is 19.9 Å². The van der Waals surface area contributed by atoms with E-state index in [0.717, 1.165) is 16.9 Å². The molecule has 0 spiro atoms. The van der Waals surface area contributed by atoms with Gasteiger partial charge in [0.2, 0.25) is 11.8 Å². The molecular formula is C37H32N2O7. The van der Waals surface area contributed by atoms with Crippen LogP contribution >= 0.6 is 0 Å². The first-order chi connectivity index (χ1) is 22.2. The third kappa shape index (κ3) is 4.53. The van der Waals surface area contributed by atoms with Crippen molar-refractivity contribution < 1.29 is 33.8 Å². The Morgan fingerprint density at radius 3 is 2.28 bits per heavy atom. The number of nitrogens with zero attached hydrogens (tertiary/aromatic N) is 1. The molecule has 0 aromatic heterocycles. The molecule has 0 saturated carbocycles. The van der Waals surface area contributed by atoms with Gasteiger partial charge in [0.15, 0.2) is 11.6 Å². The summed E-state index contributed by atoms with van der Waals surface area (Å²) in [4.78, 5) is 56.6. The number of rotatable bonds is 6. The second kappa shape index (κ2) is 11.2. The Hall–Kier alpha value is -5.44. The van der Waals surface area contributed by atoms with Gasteiger partial charge in [-0.1, -0.05) is 29.8 Å². The Balaban J connectivity index is 1.29. The zero-order valence-electron chi connectivity index (χ0n) is 25.6. The molecule has 0 bridgehead atoms. The first-order valence-corrected chi connectivity index (χ1v) is 15.2. The fourth-order valence-corrected chi connectivity index (χ4v) is 7.49. The van der Waals surface area contributed by atoms with Gasteiger partial charge >= 0.3 is 0 Å². The standard InChI is InChI=1S/C37H32N2O7/c1-19-15-28(40)27-18-26-24(32(33(27)35(19)42)34-29(41)16-23(45-2)17-30(34)46-3)13-14-25-31(26)37(44)39(36(25)43)22-11-9-21(10-12-22)38-20-7-5-4-6-8-20/h4-13,15-17,25-26,31-32,38,41H,14,18H2,1-3H3. The molecule has 9 heteroatoms. The van der Waals surface area contributed by atoms with Gasteiger partial charge in [0.05, 0.1) is 31.7 Å². The number of allylic oxidation sites excluding steroid dienone is 6. The van der Waals surface area contributed by atoms with Crippen LogP contribution < -0.4 is 19.7 Å². The summed E-state index contributed by atoms with van der Waals surface area (Å²) in [6.07, 6.45) is 3.66. The summed E-state index contributed by atoms with van der Waals surface area (Å²) in [5.41, 5.74) is 4.11. The molecule has 4 aliphatic rings. The van der Waals surface area contributed by atoms with E-state index in [1.54, 1.807) is 25.1 Å². The number of aromatic hydroxyl groups is 1. The number of hydrogen-bond acceptors (Lipinski definition) is 8. The summed E-state index contributed by atoms with van der Waals surface area (Å²) in [5, 5.41) is 14.6. The summed E-state index contributed by atoms with van der Waals surface area (Å²) in [5.74, 6) is -3.52. The van der Waals surface area contributed by atoms with Crippen LogP contribution in [0.15, 0.2) is 101 Å². The fourth-order valence-electron chi connectivity index (χ4n) is 7.49. The van der Waals surface area contributed by atoms with Crippen LogP contribution in [0.25, 0.3) is 0 Å². The largest absolute Gasteiger partial charge is 0.507 e. The molecule has 3 aromatic rings. The second-order valence-electron chi connectivity index (χ2n) is 12.0. The smallest absolute Gasteiger partial charge is 0.238 e. The van der Waals surface area contributed by atoms with E-state index in [4.69, 9.17) is 9.47 Å². The minimum Gasteiger partial charge on any atom is -0.507 e. The van der Waals surface area contributed by atoms with Crippen molar-refractivity contribution in [3.05, 3.63) is 107 Å². The van der Waals surface area contributed by atoms with Gasteiger partial charge in [-0.3, -0.25) is 24.1 Å². The van der Waals surface area contributed by atoms with Gasteiger partial charge in [-0.05, 0) is 68.2 Å². The molecule has 4 atom stereocenters. The first-order valence-electron chi connectivity index (χ1n) is 15.2. The van der Waals surface area contributed by atoms with Gasteiger partial charge in [0, 0.05) is 51.7 Å². The van der Waals surface area contributed by atoms with Crippen molar-refractivity contribution in [3.63, 3.8) is 0 Å². The zero-order valence-corrected chi connectivity index (χ0v) is 25.6. The highest BCUT2D eigenvalue weighted by Crippen LogP contribution is 2.58. The predicted molar refractivity (Wildman–Crippen MR) is 171 cm³/mol. The van der Waals surface area contributed by atoms with Crippen molar-refractivity contribution in [1.82, 2.24) is 0 Å². The Morgan fingerprint density at radius 1 is 0.870 bits per heavy atom. The Bertz CT molecular complexity index is 1910. The van der Waals surface area contributed by atoms with E-state index in [9.17, 15) is 24.3 Å². The van der Waals surface area contributed by atoms with Crippen molar-refractivity contribution in [2.75, 3.05) is 24.4 Å². The van der Waals surface area contributed by atoms with E-state index in [-0.39, 0.29) is 53.3 Å². The average Bonchev–Trinajstić information content (AvgIpc) is 3.32. The number of para-hydroxylation sites is 1. The van der Waals surface area contributed by atoms with Crippen LogP contribution in [-0.2, 0) is 19.2 Å². The van der Waals surface area contributed by atoms with Crippen LogP contribution in [0.2, 0.25) is 0 Å². The van der Waals surface area contributed by atoms with Crippen LogP contribution in [-0.4, -0.2) is 42.7 Å². The van der Waals surface area contributed by atoms with Gasteiger partial charge in [-0.25, -0.2) is 0 Å². The lowest BCUT2D eigenvalue weighted by Crippen LogP contribution is -2.40. The van der Waals surface area contributed by atoms with Crippen molar-refractivity contribution in [1.29, 1.82) is 0 Å². The molecule has 4 unspecified atom stereocenters. The SMILES string of the molecule is COc1cc(O)c(C2C3=CCC4C(=O)N(c5ccc(Nc6ccccc6)cc5)C(=O)C4C3CC3=C2C(=O)C(C)=CC3=O)c(OC)c1. The van der Waals surface area contributed by atoms with Gasteiger partial charge in [0.25, 0.3) is 0 Å². The van der Waals surface area contributed by atoms with Crippen molar-refractivity contribution in [2.24, 2.45) is 17.8 Å². The molecule has 1 heterocycles. The fraction of sp³-hybridized carbons (Fsp3) is 0.243. The molecule has 7 rings (SSSR count). The minimum absolute atomic E-state index is 0.138. The van der Waals surface area contributed by atoms with E-state index in [2.05, 4.69) is 5.32 Å².